The fourth-order valence-electron chi connectivity index (χ4n) is 3.24. The van der Waals surface area contributed by atoms with E-state index in [9.17, 15) is 4.79 Å². The lowest BCUT2D eigenvalue weighted by atomic mass is 10.1. The molecule has 0 saturated heterocycles. The quantitative estimate of drug-likeness (QED) is 0.143. The zero-order valence-corrected chi connectivity index (χ0v) is 22.1. The summed E-state index contributed by atoms with van der Waals surface area (Å²) < 4.78 is 9.93. The van der Waals surface area contributed by atoms with E-state index in [1.165, 1.54) is 5.56 Å². The van der Waals surface area contributed by atoms with Crippen LogP contribution in [-0.4, -0.2) is 16.7 Å². The van der Waals surface area contributed by atoms with Crippen LogP contribution in [0.1, 0.15) is 27.0 Å². The van der Waals surface area contributed by atoms with Gasteiger partial charge in [0.05, 0.1) is 24.6 Å². The molecular weight excluding hydrogens is 640 g/mol. The molecule has 1 N–H and O–H groups in total. The topological polar surface area (TPSA) is 55.6 Å². The van der Waals surface area contributed by atoms with Crippen molar-refractivity contribution < 1.29 is 9.53 Å². The Labute approximate surface area is 220 Å². The van der Waals surface area contributed by atoms with Crippen LogP contribution in [0, 0.1) is 14.1 Å². The first-order valence-corrected chi connectivity index (χ1v) is 12.4. The fraction of sp³-hybridized carbons (Fsp3) is 0.0769. The Balaban J connectivity index is 1.43. The highest BCUT2D eigenvalue weighted by atomic mass is 127. The number of benzene rings is 3. The molecule has 1 aromatic heterocycles. The van der Waals surface area contributed by atoms with Crippen molar-refractivity contribution >= 4 is 57.3 Å². The molecule has 5 nitrogen and oxygen atoms in total. The Morgan fingerprint density at radius 3 is 2.36 bits per heavy atom. The van der Waals surface area contributed by atoms with Crippen molar-refractivity contribution in [3.8, 4) is 11.4 Å². The smallest absolute Gasteiger partial charge is 0.273 e. The van der Waals surface area contributed by atoms with Crippen LogP contribution < -0.4 is 10.2 Å². The highest BCUT2D eigenvalue weighted by Gasteiger charge is 2.12. The van der Waals surface area contributed by atoms with Gasteiger partial charge in [0, 0.05) is 12.4 Å². The van der Waals surface area contributed by atoms with Crippen LogP contribution in [0.3, 0.4) is 0 Å². The van der Waals surface area contributed by atoms with Gasteiger partial charge in [0.25, 0.3) is 5.91 Å². The van der Waals surface area contributed by atoms with E-state index in [2.05, 4.69) is 86.9 Å². The summed E-state index contributed by atoms with van der Waals surface area (Å²) >= 11 is 4.53. The molecule has 0 atom stereocenters. The summed E-state index contributed by atoms with van der Waals surface area (Å²) in [5.74, 6) is 0.580. The van der Waals surface area contributed by atoms with Crippen LogP contribution in [0.15, 0.2) is 90.3 Å². The third-order valence-electron chi connectivity index (χ3n) is 4.94. The molecular formula is C26H21I2N3O2. The van der Waals surface area contributed by atoms with E-state index in [4.69, 9.17) is 4.74 Å². The maximum absolute atomic E-state index is 12.7. The minimum absolute atomic E-state index is 0.266. The molecule has 1 amide bonds. The van der Waals surface area contributed by atoms with Crippen LogP contribution in [-0.2, 0) is 6.61 Å². The van der Waals surface area contributed by atoms with Gasteiger partial charge in [-0.25, -0.2) is 5.43 Å². The average Bonchev–Trinajstić information content (AvgIpc) is 3.34. The number of hydrogen-bond acceptors (Lipinski definition) is 3. The van der Waals surface area contributed by atoms with Crippen molar-refractivity contribution in [2.45, 2.75) is 13.5 Å². The Morgan fingerprint density at radius 2 is 1.67 bits per heavy atom. The number of para-hydroxylation sites is 1. The summed E-state index contributed by atoms with van der Waals surface area (Å²) in [7, 11) is 0. The number of nitrogens with zero attached hydrogens (tertiary/aromatic N) is 2. The normalized spacial score (nSPS) is 11.0. The SMILES string of the molecule is Cc1ccc(COc2c(I)cc(/C=N\NC(=O)c3ccccc3-n3cccc3)cc2I)cc1. The number of aryl methyl sites for hydroxylation is 1. The van der Waals surface area contributed by atoms with Gasteiger partial charge in [0.2, 0.25) is 0 Å². The van der Waals surface area contributed by atoms with Crippen molar-refractivity contribution in [2.24, 2.45) is 5.10 Å². The molecule has 33 heavy (non-hydrogen) atoms. The first kappa shape index (κ1) is 23.5. The zero-order valence-electron chi connectivity index (χ0n) is 17.8. The van der Waals surface area contributed by atoms with E-state index in [0.717, 1.165) is 29.7 Å². The molecule has 0 unspecified atom stereocenters. The second kappa shape index (κ2) is 11.0. The highest BCUT2D eigenvalue weighted by molar-refractivity contribution is 14.1. The Hall–Kier alpha value is -2.66. The Bertz CT molecular complexity index is 1260. The van der Waals surface area contributed by atoms with Crippen molar-refractivity contribution in [3.63, 3.8) is 0 Å². The largest absolute Gasteiger partial charge is 0.487 e. The van der Waals surface area contributed by atoms with Crippen LogP contribution in [0.5, 0.6) is 5.75 Å². The predicted molar refractivity (Wildman–Crippen MR) is 148 cm³/mol. The molecule has 0 fully saturated rings. The molecule has 7 heteroatoms. The molecule has 0 radical (unpaired) electrons. The number of nitrogens with one attached hydrogen (secondary N) is 1. The van der Waals surface area contributed by atoms with Crippen LogP contribution in [0.2, 0.25) is 0 Å². The molecule has 0 aliphatic carbocycles. The van der Waals surface area contributed by atoms with E-state index in [0.29, 0.717) is 12.2 Å². The van der Waals surface area contributed by atoms with E-state index in [-0.39, 0.29) is 5.91 Å². The van der Waals surface area contributed by atoms with Gasteiger partial charge in [0.1, 0.15) is 12.4 Å². The lowest BCUT2D eigenvalue weighted by Gasteiger charge is -2.12. The van der Waals surface area contributed by atoms with Gasteiger partial charge in [-0.1, -0.05) is 42.0 Å². The van der Waals surface area contributed by atoms with Crippen LogP contribution in [0.4, 0.5) is 0 Å². The van der Waals surface area contributed by atoms with Gasteiger partial charge >= 0.3 is 0 Å². The third kappa shape index (κ3) is 6.02. The highest BCUT2D eigenvalue weighted by Crippen LogP contribution is 2.29. The first-order valence-electron chi connectivity index (χ1n) is 10.2. The molecule has 0 aliphatic rings. The molecule has 1 heterocycles. The standard InChI is InChI=1S/C26H21I2N3O2/c1-18-8-10-19(11-9-18)17-33-25-22(27)14-20(15-23(25)28)16-29-30-26(32)21-6-2-3-7-24(21)31-12-4-5-13-31/h2-16H,17H2,1H3,(H,30,32)/b29-16-. The first-order chi connectivity index (χ1) is 16.0. The van der Waals surface area contributed by atoms with Gasteiger partial charge in [-0.2, -0.15) is 5.10 Å². The third-order valence-corrected chi connectivity index (χ3v) is 6.54. The van der Waals surface area contributed by atoms with Gasteiger partial charge < -0.3 is 9.30 Å². The summed E-state index contributed by atoms with van der Waals surface area (Å²) in [5.41, 5.74) is 7.22. The molecule has 4 rings (SSSR count). The summed E-state index contributed by atoms with van der Waals surface area (Å²) in [4.78, 5) is 12.7. The molecule has 0 bridgehead atoms. The second-order valence-electron chi connectivity index (χ2n) is 7.39. The van der Waals surface area contributed by atoms with Gasteiger partial charge in [-0.3, -0.25) is 4.79 Å². The molecule has 4 aromatic rings. The van der Waals surface area contributed by atoms with Gasteiger partial charge in [0.15, 0.2) is 0 Å². The number of hydrogen-bond donors (Lipinski definition) is 1. The minimum atomic E-state index is -0.266. The molecule has 0 saturated carbocycles. The van der Waals surface area contributed by atoms with E-state index in [1.54, 1.807) is 12.3 Å². The van der Waals surface area contributed by atoms with Crippen molar-refractivity contribution in [3.05, 3.63) is 115 Å². The number of halogens is 2. The molecule has 0 aliphatic heterocycles. The van der Waals surface area contributed by atoms with Crippen molar-refractivity contribution in [1.82, 2.24) is 9.99 Å². The number of aromatic nitrogens is 1. The number of rotatable bonds is 7. The van der Waals surface area contributed by atoms with Crippen molar-refractivity contribution in [1.29, 1.82) is 0 Å². The molecule has 166 valence electrons. The summed E-state index contributed by atoms with van der Waals surface area (Å²) in [6, 6.07) is 23.6. The predicted octanol–water partition coefficient (Wildman–Crippen LogP) is 6.34. The number of hydrazone groups is 1. The number of carbonyl (C=O) groups excluding carboxylic acids is 1. The average molecular weight is 661 g/mol. The number of carbonyl (C=O) groups is 1. The lowest BCUT2D eigenvalue weighted by Crippen LogP contribution is -2.19. The maximum Gasteiger partial charge on any atom is 0.273 e. The van der Waals surface area contributed by atoms with Crippen molar-refractivity contribution in [2.75, 3.05) is 0 Å². The Morgan fingerprint density at radius 1 is 1.00 bits per heavy atom. The van der Waals surface area contributed by atoms with E-state index < -0.39 is 0 Å². The van der Waals surface area contributed by atoms with Gasteiger partial charge in [-0.15, -0.1) is 0 Å². The van der Waals surface area contributed by atoms with Crippen LogP contribution >= 0.6 is 45.2 Å². The maximum atomic E-state index is 12.7. The second-order valence-corrected chi connectivity index (χ2v) is 9.72. The lowest BCUT2D eigenvalue weighted by molar-refractivity contribution is 0.0955. The molecule has 0 spiro atoms. The number of ether oxygens (including phenoxy) is 1. The van der Waals surface area contributed by atoms with E-state index >= 15 is 0 Å². The summed E-state index contributed by atoms with van der Waals surface area (Å²) in [5, 5.41) is 4.17. The van der Waals surface area contributed by atoms with E-state index in [1.807, 2.05) is 59.4 Å². The minimum Gasteiger partial charge on any atom is -0.487 e. The molecule has 3 aromatic carbocycles. The monoisotopic (exact) mass is 661 g/mol. The zero-order chi connectivity index (χ0) is 23.2. The van der Waals surface area contributed by atoms with Gasteiger partial charge in [-0.05, 0) is 99.6 Å². The van der Waals surface area contributed by atoms with Crippen LogP contribution in [0.25, 0.3) is 5.69 Å². The fourth-order valence-corrected chi connectivity index (χ4v) is 5.37. The number of amides is 1. The Kier molecular flexibility index (Phi) is 7.81. The summed E-state index contributed by atoms with van der Waals surface area (Å²) in [6.07, 6.45) is 5.45. The summed E-state index contributed by atoms with van der Waals surface area (Å²) in [6.45, 7) is 2.58.